The van der Waals surface area contributed by atoms with Crippen molar-refractivity contribution in [3.05, 3.63) is 66.0 Å². The second-order valence-electron chi connectivity index (χ2n) is 3.65. The summed E-state index contributed by atoms with van der Waals surface area (Å²) in [5.74, 6) is -0.797. The van der Waals surface area contributed by atoms with Gasteiger partial charge >= 0.3 is 5.91 Å². The molecule has 0 aliphatic rings. The number of carbonyl (C=O) groups excluding carboxylic acids is 2. The van der Waals surface area contributed by atoms with E-state index in [1.165, 1.54) is 30.2 Å². The van der Waals surface area contributed by atoms with Gasteiger partial charge in [-0.3, -0.25) is 20.4 Å². The van der Waals surface area contributed by atoms with Gasteiger partial charge in [-0.05, 0) is 29.7 Å². The summed E-state index contributed by atoms with van der Waals surface area (Å²) in [7, 11) is 0. The van der Waals surface area contributed by atoms with E-state index in [0.29, 0.717) is 0 Å². The first-order valence-electron chi connectivity index (χ1n) is 5.78. The van der Waals surface area contributed by atoms with Gasteiger partial charge in [0.1, 0.15) is 0 Å². The summed E-state index contributed by atoms with van der Waals surface area (Å²) in [5, 5.41) is 1.64. The van der Waals surface area contributed by atoms with Gasteiger partial charge in [0.25, 0.3) is 5.91 Å². The zero-order chi connectivity index (χ0) is 14.2. The fraction of sp³-hybridized carbons (Fsp3) is 0. The number of hydrogen-bond acceptors (Lipinski definition) is 4. The third kappa shape index (κ3) is 4.33. The number of amides is 2. The van der Waals surface area contributed by atoms with Crippen LogP contribution in [0, 0.1) is 0 Å². The fourth-order valence-electron chi connectivity index (χ4n) is 1.30. The van der Waals surface area contributed by atoms with E-state index in [1.54, 1.807) is 11.5 Å². The molecule has 0 radical (unpaired) electrons. The number of benzene rings is 1. The molecule has 0 aliphatic carbocycles. The Morgan fingerprint density at radius 1 is 1.05 bits per heavy atom. The van der Waals surface area contributed by atoms with Gasteiger partial charge in [-0.25, -0.2) is 0 Å². The van der Waals surface area contributed by atoms with E-state index in [1.807, 2.05) is 30.3 Å². The Balaban J connectivity index is 1.74. The van der Waals surface area contributed by atoms with E-state index in [2.05, 4.69) is 10.9 Å². The molecular weight excluding hydrogens is 276 g/mol. The highest BCUT2D eigenvalue weighted by molar-refractivity contribution is 8.02. The van der Waals surface area contributed by atoms with Crippen LogP contribution in [0.25, 0.3) is 0 Å². The molecule has 102 valence electrons. The van der Waals surface area contributed by atoms with Crippen molar-refractivity contribution in [1.29, 1.82) is 0 Å². The molecule has 0 saturated heterocycles. The van der Waals surface area contributed by atoms with Crippen molar-refractivity contribution in [3.8, 4) is 0 Å². The lowest BCUT2D eigenvalue weighted by Gasteiger charge is -2.02. The average molecular weight is 288 g/mol. The molecule has 2 amide bonds. The van der Waals surface area contributed by atoms with Crippen molar-refractivity contribution < 1.29 is 14.0 Å². The maximum absolute atomic E-state index is 11.5. The highest BCUT2D eigenvalue weighted by atomic mass is 32.2. The van der Waals surface area contributed by atoms with E-state index in [4.69, 9.17) is 4.42 Å². The van der Waals surface area contributed by atoms with Gasteiger partial charge in [-0.1, -0.05) is 30.0 Å². The van der Waals surface area contributed by atoms with Gasteiger partial charge in [-0.2, -0.15) is 0 Å². The van der Waals surface area contributed by atoms with Crippen molar-refractivity contribution in [1.82, 2.24) is 10.9 Å². The summed E-state index contributed by atoms with van der Waals surface area (Å²) < 4.78 is 4.88. The molecule has 0 spiro atoms. The minimum Gasteiger partial charge on any atom is -0.459 e. The van der Waals surface area contributed by atoms with E-state index in [0.717, 1.165) is 4.90 Å². The third-order valence-corrected chi connectivity index (χ3v) is 3.03. The van der Waals surface area contributed by atoms with Crippen LogP contribution >= 0.6 is 11.8 Å². The number of thioether (sulfide) groups is 1. The number of hydrazine groups is 1. The van der Waals surface area contributed by atoms with Crippen molar-refractivity contribution in [2.24, 2.45) is 0 Å². The molecule has 1 aromatic heterocycles. The molecule has 1 heterocycles. The highest BCUT2D eigenvalue weighted by Crippen LogP contribution is 2.17. The zero-order valence-corrected chi connectivity index (χ0v) is 11.2. The van der Waals surface area contributed by atoms with Gasteiger partial charge in [0.2, 0.25) is 0 Å². The van der Waals surface area contributed by atoms with Crippen LogP contribution in [-0.4, -0.2) is 11.8 Å². The summed E-state index contributed by atoms with van der Waals surface area (Å²) in [6.07, 6.45) is 2.72. The zero-order valence-electron chi connectivity index (χ0n) is 10.4. The van der Waals surface area contributed by atoms with E-state index in [-0.39, 0.29) is 5.76 Å². The second-order valence-corrected chi connectivity index (χ2v) is 4.63. The number of rotatable bonds is 4. The predicted molar refractivity (Wildman–Crippen MR) is 75.8 cm³/mol. The average Bonchev–Trinajstić information content (AvgIpc) is 3.00. The van der Waals surface area contributed by atoms with Crippen LogP contribution in [0.2, 0.25) is 0 Å². The first-order valence-corrected chi connectivity index (χ1v) is 6.66. The second kappa shape index (κ2) is 7.20. The van der Waals surface area contributed by atoms with Crippen LogP contribution in [0.5, 0.6) is 0 Å². The lowest BCUT2D eigenvalue weighted by molar-refractivity contribution is -0.117. The Labute approximate surface area is 120 Å². The topological polar surface area (TPSA) is 71.3 Å². The number of furan rings is 1. The summed E-state index contributed by atoms with van der Waals surface area (Å²) >= 11 is 1.41. The molecule has 2 aromatic rings. The van der Waals surface area contributed by atoms with Crippen molar-refractivity contribution in [3.63, 3.8) is 0 Å². The number of carbonyl (C=O) groups is 2. The molecule has 0 atom stereocenters. The van der Waals surface area contributed by atoms with Crippen molar-refractivity contribution in [2.45, 2.75) is 4.90 Å². The molecule has 1 aromatic carbocycles. The minimum atomic E-state index is -0.507. The third-order valence-electron chi connectivity index (χ3n) is 2.21. The Morgan fingerprint density at radius 3 is 2.55 bits per heavy atom. The molecule has 2 rings (SSSR count). The highest BCUT2D eigenvalue weighted by Gasteiger charge is 2.07. The predicted octanol–water partition coefficient (Wildman–Crippen LogP) is 2.35. The van der Waals surface area contributed by atoms with Crippen LogP contribution in [0.3, 0.4) is 0 Å². The summed E-state index contributed by atoms with van der Waals surface area (Å²) in [4.78, 5) is 23.9. The first kappa shape index (κ1) is 14.0. The smallest absolute Gasteiger partial charge is 0.305 e. The quantitative estimate of drug-likeness (QED) is 0.514. The molecule has 0 unspecified atom stereocenters. The molecule has 0 saturated carbocycles. The molecule has 0 bridgehead atoms. The molecule has 2 N–H and O–H groups in total. The van der Waals surface area contributed by atoms with Crippen LogP contribution in [-0.2, 0) is 4.79 Å². The fourth-order valence-corrected chi connectivity index (χ4v) is 1.97. The van der Waals surface area contributed by atoms with Gasteiger partial charge in [0.15, 0.2) is 5.76 Å². The Bertz CT molecular complexity index is 594. The number of hydrogen-bond donors (Lipinski definition) is 2. The minimum absolute atomic E-state index is 0.132. The van der Waals surface area contributed by atoms with Gasteiger partial charge < -0.3 is 4.42 Å². The maximum Gasteiger partial charge on any atom is 0.305 e. The Morgan fingerprint density at radius 2 is 1.85 bits per heavy atom. The van der Waals surface area contributed by atoms with Gasteiger partial charge in [-0.15, -0.1) is 0 Å². The molecular formula is C14H12N2O3S. The van der Waals surface area contributed by atoms with Crippen LogP contribution in [0.4, 0.5) is 0 Å². The Kier molecular flexibility index (Phi) is 5.02. The van der Waals surface area contributed by atoms with Crippen molar-refractivity contribution in [2.75, 3.05) is 0 Å². The van der Waals surface area contributed by atoms with Crippen LogP contribution in [0.15, 0.2) is 69.5 Å². The largest absolute Gasteiger partial charge is 0.459 e. The van der Waals surface area contributed by atoms with Crippen LogP contribution in [0.1, 0.15) is 10.6 Å². The summed E-state index contributed by atoms with van der Waals surface area (Å²) in [5.41, 5.74) is 4.50. The number of nitrogens with one attached hydrogen (secondary N) is 2. The molecule has 5 nitrogen and oxygen atoms in total. The Hall–Kier alpha value is -2.47. The monoisotopic (exact) mass is 288 g/mol. The lowest BCUT2D eigenvalue weighted by Crippen LogP contribution is -2.40. The first-order chi connectivity index (χ1) is 9.75. The molecule has 6 heteroatoms. The van der Waals surface area contributed by atoms with Gasteiger partial charge in [0, 0.05) is 11.0 Å². The van der Waals surface area contributed by atoms with Gasteiger partial charge in [0.05, 0.1) is 6.26 Å². The SMILES string of the molecule is O=C(/C=C/Sc1ccccc1)NNC(=O)c1ccco1. The van der Waals surface area contributed by atoms with Crippen molar-refractivity contribution >= 4 is 23.6 Å². The molecule has 0 aliphatic heterocycles. The molecule has 0 fully saturated rings. The van der Waals surface area contributed by atoms with E-state index >= 15 is 0 Å². The lowest BCUT2D eigenvalue weighted by atomic mass is 10.4. The van der Waals surface area contributed by atoms with E-state index in [9.17, 15) is 9.59 Å². The van der Waals surface area contributed by atoms with Crippen LogP contribution < -0.4 is 10.9 Å². The molecule has 20 heavy (non-hydrogen) atoms. The summed E-state index contributed by atoms with van der Waals surface area (Å²) in [6.45, 7) is 0. The summed E-state index contributed by atoms with van der Waals surface area (Å²) in [6, 6.07) is 12.7. The standard InChI is InChI=1S/C14H12N2O3S/c17-13(8-10-20-11-5-2-1-3-6-11)15-16-14(18)12-7-4-9-19-12/h1-10H,(H,15,17)(H,16,18)/b10-8+. The maximum atomic E-state index is 11.5. The normalized spacial score (nSPS) is 10.4. The van der Waals surface area contributed by atoms with E-state index < -0.39 is 11.8 Å².